The van der Waals surface area contributed by atoms with Crippen molar-refractivity contribution in [1.82, 2.24) is 14.2 Å². The van der Waals surface area contributed by atoms with Crippen molar-refractivity contribution in [2.24, 2.45) is 0 Å². The Hall–Kier alpha value is -0.210. The molecule has 1 aliphatic rings. The standard InChI is InChI=1S/C11H18ClN3O2S2/c1-9(11-13-10(7-12)8-18-11)14-3-5-15(6-4-14)19(2,16)17/h8-9H,3-7H2,1-2H3. The Morgan fingerprint density at radius 3 is 2.53 bits per heavy atom. The Morgan fingerprint density at radius 1 is 1.42 bits per heavy atom. The number of hydrogen-bond donors (Lipinski definition) is 0. The molecule has 0 spiro atoms. The summed E-state index contributed by atoms with van der Waals surface area (Å²) < 4.78 is 24.4. The Bertz CT molecular complexity index is 524. The van der Waals surface area contributed by atoms with E-state index in [1.165, 1.54) is 10.6 Å². The van der Waals surface area contributed by atoms with Crippen LogP contribution in [0.25, 0.3) is 0 Å². The van der Waals surface area contributed by atoms with Gasteiger partial charge in [0.1, 0.15) is 5.01 Å². The fraction of sp³-hybridized carbons (Fsp3) is 0.727. The molecule has 1 saturated heterocycles. The molecule has 108 valence electrons. The molecule has 1 aliphatic heterocycles. The molecule has 0 N–H and O–H groups in total. The van der Waals surface area contributed by atoms with Crippen LogP contribution in [0.3, 0.4) is 0 Å². The minimum absolute atomic E-state index is 0.212. The van der Waals surface area contributed by atoms with Gasteiger partial charge in [0.2, 0.25) is 10.0 Å². The van der Waals surface area contributed by atoms with E-state index in [9.17, 15) is 8.42 Å². The molecule has 1 atom stereocenters. The second kappa shape index (κ2) is 6.05. The highest BCUT2D eigenvalue weighted by Gasteiger charge is 2.27. The molecule has 0 aromatic carbocycles. The largest absolute Gasteiger partial charge is 0.292 e. The molecule has 5 nitrogen and oxygen atoms in total. The quantitative estimate of drug-likeness (QED) is 0.788. The predicted molar refractivity (Wildman–Crippen MR) is 78.1 cm³/mol. The molecule has 0 amide bonds. The number of thiazole rings is 1. The summed E-state index contributed by atoms with van der Waals surface area (Å²) in [6, 6.07) is 0.212. The molecule has 1 fully saturated rings. The van der Waals surface area contributed by atoms with Crippen molar-refractivity contribution in [3.8, 4) is 0 Å². The van der Waals surface area contributed by atoms with E-state index in [-0.39, 0.29) is 6.04 Å². The zero-order valence-electron chi connectivity index (χ0n) is 11.0. The van der Waals surface area contributed by atoms with Gasteiger partial charge in [0.15, 0.2) is 0 Å². The lowest BCUT2D eigenvalue weighted by molar-refractivity contribution is 0.146. The summed E-state index contributed by atoms with van der Waals surface area (Å²) in [5, 5.41) is 3.02. The average molecular weight is 324 g/mol. The first-order chi connectivity index (χ1) is 8.91. The van der Waals surface area contributed by atoms with Gasteiger partial charge in [-0.15, -0.1) is 22.9 Å². The van der Waals surface area contributed by atoms with Gasteiger partial charge >= 0.3 is 0 Å². The first-order valence-electron chi connectivity index (χ1n) is 6.11. The minimum atomic E-state index is -3.06. The van der Waals surface area contributed by atoms with E-state index in [0.29, 0.717) is 19.0 Å². The van der Waals surface area contributed by atoms with Crippen molar-refractivity contribution in [3.05, 3.63) is 16.1 Å². The lowest BCUT2D eigenvalue weighted by Gasteiger charge is -2.36. The molecule has 2 rings (SSSR count). The van der Waals surface area contributed by atoms with Gasteiger partial charge in [0, 0.05) is 31.6 Å². The summed E-state index contributed by atoms with van der Waals surface area (Å²) in [6.45, 7) is 4.69. The summed E-state index contributed by atoms with van der Waals surface area (Å²) in [6.07, 6.45) is 1.26. The smallest absolute Gasteiger partial charge is 0.211 e. The molecular formula is C11H18ClN3O2S2. The van der Waals surface area contributed by atoms with Crippen LogP contribution in [0.2, 0.25) is 0 Å². The van der Waals surface area contributed by atoms with E-state index in [1.54, 1.807) is 11.3 Å². The van der Waals surface area contributed by atoms with Gasteiger partial charge in [-0.1, -0.05) is 0 Å². The number of alkyl halides is 1. The molecule has 19 heavy (non-hydrogen) atoms. The highest BCUT2D eigenvalue weighted by atomic mass is 35.5. The number of hydrogen-bond acceptors (Lipinski definition) is 5. The van der Waals surface area contributed by atoms with Gasteiger partial charge in [-0.25, -0.2) is 13.4 Å². The monoisotopic (exact) mass is 323 g/mol. The van der Waals surface area contributed by atoms with E-state index >= 15 is 0 Å². The number of rotatable bonds is 4. The van der Waals surface area contributed by atoms with Crippen LogP contribution in [0.1, 0.15) is 23.7 Å². The summed E-state index contributed by atoms with van der Waals surface area (Å²) >= 11 is 7.37. The van der Waals surface area contributed by atoms with Gasteiger partial charge < -0.3 is 0 Å². The van der Waals surface area contributed by atoms with Crippen molar-refractivity contribution in [2.45, 2.75) is 18.8 Å². The molecule has 0 aliphatic carbocycles. The molecule has 1 aromatic rings. The zero-order chi connectivity index (χ0) is 14.0. The van der Waals surface area contributed by atoms with Crippen LogP contribution in [0.5, 0.6) is 0 Å². The van der Waals surface area contributed by atoms with Gasteiger partial charge in [-0.2, -0.15) is 4.31 Å². The van der Waals surface area contributed by atoms with Crippen molar-refractivity contribution in [3.63, 3.8) is 0 Å². The number of halogens is 1. The third kappa shape index (κ3) is 3.66. The fourth-order valence-corrected chi connectivity index (χ4v) is 4.12. The van der Waals surface area contributed by atoms with E-state index in [2.05, 4.69) is 16.8 Å². The second-order valence-electron chi connectivity index (χ2n) is 4.68. The molecule has 0 saturated carbocycles. The Labute approximate surface area is 123 Å². The lowest BCUT2D eigenvalue weighted by atomic mass is 10.2. The summed E-state index contributed by atoms with van der Waals surface area (Å²) in [4.78, 5) is 6.75. The topological polar surface area (TPSA) is 53.5 Å². The fourth-order valence-electron chi connectivity index (χ4n) is 2.15. The Balaban J connectivity index is 1.97. The van der Waals surface area contributed by atoms with E-state index < -0.39 is 10.0 Å². The normalized spacial score (nSPS) is 20.6. The SMILES string of the molecule is CC(c1nc(CCl)cs1)N1CCN(S(C)(=O)=O)CC1. The van der Waals surface area contributed by atoms with Crippen molar-refractivity contribution in [1.29, 1.82) is 0 Å². The maximum atomic E-state index is 11.5. The highest BCUT2D eigenvalue weighted by Crippen LogP contribution is 2.25. The molecule has 2 heterocycles. The van der Waals surface area contributed by atoms with Gasteiger partial charge in [0.25, 0.3) is 0 Å². The third-order valence-corrected chi connectivity index (χ3v) is 5.99. The molecule has 0 bridgehead atoms. The maximum absolute atomic E-state index is 11.5. The van der Waals surface area contributed by atoms with Gasteiger partial charge in [-0.3, -0.25) is 4.90 Å². The van der Waals surface area contributed by atoms with Crippen LogP contribution in [0.4, 0.5) is 0 Å². The maximum Gasteiger partial charge on any atom is 0.211 e. The summed E-state index contributed by atoms with van der Waals surface area (Å²) in [5.41, 5.74) is 0.906. The van der Waals surface area contributed by atoms with Crippen LogP contribution in [-0.4, -0.2) is 55.0 Å². The van der Waals surface area contributed by atoms with Crippen LogP contribution < -0.4 is 0 Å². The summed E-state index contributed by atoms with van der Waals surface area (Å²) in [5.74, 6) is 0.436. The molecule has 1 unspecified atom stereocenters. The van der Waals surface area contributed by atoms with Crippen LogP contribution in [0, 0.1) is 0 Å². The number of aromatic nitrogens is 1. The Morgan fingerprint density at radius 2 is 2.05 bits per heavy atom. The molecule has 8 heteroatoms. The zero-order valence-corrected chi connectivity index (χ0v) is 13.4. The predicted octanol–water partition coefficient (Wildman–Crippen LogP) is 1.52. The number of piperazine rings is 1. The summed E-state index contributed by atoms with van der Waals surface area (Å²) in [7, 11) is -3.06. The van der Waals surface area contributed by atoms with E-state index in [0.717, 1.165) is 23.8 Å². The van der Waals surface area contributed by atoms with Gasteiger partial charge in [-0.05, 0) is 6.92 Å². The van der Waals surface area contributed by atoms with Crippen LogP contribution >= 0.6 is 22.9 Å². The molecule has 1 aromatic heterocycles. The average Bonchev–Trinajstić information content (AvgIpc) is 2.86. The van der Waals surface area contributed by atoms with Crippen molar-refractivity contribution in [2.75, 3.05) is 32.4 Å². The second-order valence-corrected chi connectivity index (χ2v) is 7.82. The van der Waals surface area contributed by atoms with Gasteiger partial charge in [0.05, 0.1) is 23.9 Å². The third-order valence-electron chi connectivity index (χ3n) is 3.35. The molecular weight excluding hydrogens is 306 g/mol. The lowest BCUT2D eigenvalue weighted by Crippen LogP contribution is -2.48. The first-order valence-corrected chi connectivity index (χ1v) is 9.37. The highest BCUT2D eigenvalue weighted by molar-refractivity contribution is 7.88. The van der Waals surface area contributed by atoms with Crippen LogP contribution in [-0.2, 0) is 15.9 Å². The first kappa shape index (κ1) is 15.2. The number of nitrogens with zero attached hydrogens (tertiary/aromatic N) is 3. The Kier molecular flexibility index (Phi) is 4.84. The van der Waals surface area contributed by atoms with E-state index in [4.69, 9.17) is 11.6 Å². The van der Waals surface area contributed by atoms with Crippen molar-refractivity contribution >= 4 is 33.0 Å². The molecule has 0 radical (unpaired) electrons. The van der Waals surface area contributed by atoms with Crippen molar-refractivity contribution < 1.29 is 8.42 Å². The minimum Gasteiger partial charge on any atom is -0.292 e. The van der Waals surface area contributed by atoms with E-state index in [1.807, 2.05) is 5.38 Å². The van der Waals surface area contributed by atoms with Crippen LogP contribution in [0.15, 0.2) is 5.38 Å². The number of sulfonamides is 1.